The minimum atomic E-state index is -4.90. The molecular weight excluding hydrogens is 368 g/mol. The second-order valence-corrected chi connectivity index (χ2v) is 7.46. The van der Waals surface area contributed by atoms with E-state index in [0.29, 0.717) is 16.8 Å². The molecule has 0 aliphatic heterocycles. The zero-order valence-corrected chi connectivity index (χ0v) is 13.4. The molecule has 130 valence electrons. The van der Waals surface area contributed by atoms with Crippen molar-refractivity contribution in [1.29, 1.82) is 0 Å². The van der Waals surface area contributed by atoms with Crippen molar-refractivity contribution in [3.8, 4) is 5.69 Å². The molecule has 0 radical (unpaired) electrons. The van der Waals surface area contributed by atoms with Gasteiger partial charge in [0, 0.05) is 6.07 Å². The van der Waals surface area contributed by atoms with Gasteiger partial charge in [-0.1, -0.05) is 0 Å². The largest absolute Gasteiger partial charge is 0.477 e. The number of aromatic nitrogens is 2. The van der Waals surface area contributed by atoms with Gasteiger partial charge in [-0.25, -0.2) is 9.48 Å². The maximum atomic E-state index is 11.8. The second kappa shape index (κ2) is 5.55. The van der Waals surface area contributed by atoms with Crippen molar-refractivity contribution in [2.24, 2.45) is 0 Å². The van der Waals surface area contributed by atoms with Gasteiger partial charge in [0.1, 0.15) is 10.6 Å². The van der Waals surface area contributed by atoms with Crippen LogP contribution in [0.25, 0.3) is 5.69 Å². The van der Waals surface area contributed by atoms with Gasteiger partial charge in [-0.2, -0.15) is 16.8 Å². The average molecular weight is 378 g/mol. The summed E-state index contributed by atoms with van der Waals surface area (Å²) in [5.74, 6) is -1.53. The van der Waals surface area contributed by atoms with Crippen molar-refractivity contribution in [2.75, 3.05) is 0 Å². The summed E-state index contributed by atoms with van der Waals surface area (Å²) in [6.07, 6.45) is 0. The van der Waals surface area contributed by atoms with Crippen molar-refractivity contribution in [3.63, 3.8) is 0 Å². The fraction of sp³-hybridized carbons (Fsp3) is 0.0909. The van der Waals surface area contributed by atoms with Crippen LogP contribution in [0, 0.1) is 6.92 Å². The number of rotatable bonds is 4. The standard InChI is InChI=1S/C11H10N2O9S2/c1-5-2-9(24(20,21)22)7(4-8(5)23(17,18)19)13-10(14)3-6(12-13)11(15)16/h2-4,12H,1H3,(H,15,16)(H,17,18,19)(H,20,21,22). The van der Waals surface area contributed by atoms with Gasteiger partial charge in [0.05, 0.1) is 10.6 Å². The Morgan fingerprint density at radius 2 is 1.58 bits per heavy atom. The fourth-order valence-corrected chi connectivity index (χ4v) is 3.46. The van der Waals surface area contributed by atoms with Crippen LogP contribution in [0.4, 0.5) is 0 Å². The number of hydrogen-bond acceptors (Lipinski definition) is 6. The van der Waals surface area contributed by atoms with Crippen LogP contribution in [0.15, 0.2) is 32.8 Å². The summed E-state index contributed by atoms with van der Waals surface area (Å²) in [5, 5.41) is 10.9. The number of aromatic carboxylic acids is 1. The molecule has 4 N–H and O–H groups in total. The summed E-state index contributed by atoms with van der Waals surface area (Å²) in [6.45, 7) is 1.15. The van der Waals surface area contributed by atoms with Gasteiger partial charge in [-0.15, -0.1) is 0 Å². The number of carboxylic acids is 1. The first-order valence-corrected chi connectivity index (χ1v) is 8.85. The molecule has 0 bridgehead atoms. The van der Waals surface area contributed by atoms with Crippen LogP contribution in [-0.4, -0.2) is 46.8 Å². The zero-order valence-electron chi connectivity index (χ0n) is 11.8. The average Bonchev–Trinajstić information content (AvgIpc) is 2.78. The van der Waals surface area contributed by atoms with Gasteiger partial charge in [0.15, 0.2) is 0 Å². The van der Waals surface area contributed by atoms with Gasteiger partial charge >= 0.3 is 5.97 Å². The van der Waals surface area contributed by atoms with E-state index in [1.807, 2.05) is 0 Å². The van der Waals surface area contributed by atoms with E-state index in [1.54, 1.807) is 0 Å². The fourth-order valence-electron chi connectivity index (χ4n) is 1.99. The number of aryl methyl sites for hydroxylation is 1. The summed E-state index contributed by atoms with van der Waals surface area (Å²) < 4.78 is 64.5. The Labute approximate surface area is 134 Å². The number of carboxylic acid groups (broad SMARTS) is 1. The highest BCUT2D eigenvalue weighted by molar-refractivity contribution is 7.86. The van der Waals surface area contributed by atoms with Crippen molar-refractivity contribution in [3.05, 3.63) is 39.8 Å². The summed E-state index contributed by atoms with van der Waals surface area (Å²) in [4.78, 5) is 21.2. The Hall–Kier alpha value is -2.48. The molecule has 1 heterocycles. The first-order chi connectivity index (χ1) is 10.8. The van der Waals surface area contributed by atoms with E-state index in [1.165, 1.54) is 0 Å². The number of carbonyl (C=O) groups is 1. The molecule has 1 aromatic heterocycles. The summed E-state index contributed by atoms with van der Waals surface area (Å²) in [7, 11) is -9.67. The molecule has 0 amide bonds. The highest BCUT2D eigenvalue weighted by atomic mass is 32.2. The third-order valence-corrected chi connectivity index (χ3v) is 4.88. The number of H-pyrrole nitrogens is 1. The topological polar surface area (TPSA) is 184 Å². The lowest BCUT2D eigenvalue weighted by atomic mass is 10.2. The number of aromatic amines is 1. The van der Waals surface area contributed by atoms with E-state index < -0.39 is 52.9 Å². The molecule has 0 saturated heterocycles. The lowest BCUT2D eigenvalue weighted by molar-refractivity contribution is 0.0690. The molecule has 2 aromatic rings. The zero-order chi connectivity index (χ0) is 18.4. The van der Waals surface area contributed by atoms with Crippen molar-refractivity contribution in [2.45, 2.75) is 16.7 Å². The quantitative estimate of drug-likeness (QED) is 0.517. The first-order valence-electron chi connectivity index (χ1n) is 5.97. The van der Waals surface area contributed by atoms with Crippen LogP contribution in [0.5, 0.6) is 0 Å². The van der Waals surface area contributed by atoms with Crippen molar-refractivity contribution >= 4 is 26.2 Å². The highest BCUT2D eigenvalue weighted by Gasteiger charge is 2.25. The molecule has 0 atom stereocenters. The Bertz CT molecular complexity index is 1110. The number of nitrogens with one attached hydrogen (secondary N) is 1. The third-order valence-electron chi connectivity index (χ3n) is 3.00. The molecule has 0 fully saturated rings. The van der Waals surface area contributed by atoms with Crippen LogP contribution in [0.1, 0.15) is 16.1 Å². The van der Waals surface area contributed by atoms with Gasteiger partial charge < -0.3 is 5.11 Å². The van der Waals surface area contributed by atoms with Gasteiger partial charge in [0.2, 0.25) is 0 Å². The Balaban J connectivity index is 2.96. The number of hydrogen-bond donors (Lipinski definition) is 4. The van der Waals surface area contributed by atoms with Crippen LogP contribution in [0.2, 0.25) is 0 Å². The minimum absolute atomic E-state index is 0.216. The summed E-state index contributed by atoms with van der Waals surface area (Å²) >= 11 is 0. The van der Waals surface area contributed by atoms with Gasteiger partial charge in [-0.05, 0) is 24.6 Å². The normalized spacial score (nSPS) is 12.3. The van der Waals surface area contributed by atoms with Crippen LogP contribution in [-0.2, 0) is 20.2 Å². The lowest BCUT2D eigenvalue weighted by Crippen LogP contribution is -2.18. The Morgan fingerprint density at radius 1 is 1.04 bits per heavy atom. The molecule has 0 aliphatic rings. The molecule has 0 unspecified atom stereocenters. The van der Waals surface area contributed by atoms with Crippen molar-refractivity contribution in [1.82, 2.24) is 9.78 Å². The number of nitrogens with zero attached hydrogens (tertiary/aromatic N) is 1. The monoisotopic (exact) mass is 378 g/mol. The summed E-state index contributed by atoms with van der Waals surface area (Å²) in [5.41, 5.74) is -2.52. The van der Waals surface area contributed by atoms with E-state index in [2.05, 4.69) is 5.10 Å². The van der Waals surface area contributed by atoms with Crippen LogP contribution in [0.3, 0.4) is 0 Å². The molecule has 13 heteroatoms. The molecule has 2 rings (SSSR count). The first kappa shape index (κ1) is 17.9. The Kier molecular flexibility index (Phi) is 4.13. The predicted molar refractivity (Wildman–Crippen MR) is 77.7 cm³/mol. The number of benzene rings is 1. The van der Waals surface area contributed by atoms with E-state index in [9.17, 15) is 31.0 Å². The lowest BCUT2D eigenvalue weighted by Gasteiger charge is -2.11. The predicted octanol–water partition coefficient (Wildman–Crippen LogP) is -0.334. The Morgan fingerprint density at radius 3 is 2.00 bits per heavy atom. The van der Waals surface area contributed by atoms with Crippen LogP contribution < -0.4 is 5.56 Å². The van der Waals surface area contributed by atoms with E-state index >= 15 is 0 Å². The van der Waals surface area contributed by atoms with E-state index in [4.69, 9.17) is 9.66 Å². The molecule has 0 spiro atoms. The molecule has 24 heavy (non-hydrogen) atoms. The molecule has 0 saturated carbocycles. The SMILES string of the molecule is Cc1cc(S(=O)(=O)O)c(-n2[nH]c(C(=O)O)cc2=O)cc1S(=O)(=O)O. The summed E-state index contributed by atoms with van der Waals surface area (Å²) in [6, 6.07) is 1.97. The third kappa shape index (κ3) is 3.23. The highest BCUT2D eigenvalue weighted by Crippen LogP contribution is 2.26. The van der Waals surface area contributed by atoms with E-state index in [-0.39, 0.29) is 5.56 Å². The smallest absolute Gasteiger partial charge is 0.353 e. The van der Waals surface area contributed by atoms with Crippen molar-refractivity contribution < 1.29 is 35.8 Å². The molecule has 0 aliphatic carbocycles. The maximum absolute atomic E-state index is 11.8. The molecule has 1 aromatic carbocycles. The minimum Gasteiger partial charge on any atom is -0.477 e. The molecular formula is C11H10N2O9S2. The van der Waals surface area contributed by atoms with E-state index in [0.717, 1.165) is 13.0 Å². The van der Waals surface area contributed by atoms with Gasteiger partial charge in [-0.3, -0.25) is 19.0 Å². The molecule has 11 nitrogen and oxygen atoms in total. The maximum Gasteiger partial charge on any atom is 0.353 e. The van der Waals surface area contributed by atoms with Crippen LogP contribution >= 0.6 is 0 Å². The second-order valence-electron chi connectivity index (χ2n) is 4.68. The van der Waals surface area contributed by atoms with Gasteiger partial charge in [0.25, 0.3) is 25.8 Å².